The monoisotopic (exact) mass is 169 g/mol. The lowest BCUT2D eigenvalue weighted by Gasteiger charge is -1.83. The largest absolute Gasteiger partial charge is 0.479 e. The summed E-state index contributed by atoms with van der Waals surface area (Å²) in [5.74, 6) is -0.354. The molecule has 0 amide bonds. The zero-order valence-corrected chi connectivity index (χ0v) is 6.83. The van der Waals surface area contributed by atoms with E-state index in [2.05, 4.69) is 4.52 Å². The van der Waals surface area contributed by atoms with E-state index in [0.717, 1.165) is 12.8 Å². The van der Waals surface area contributed by atoms with Crippen LogP contribution >= 0.6 is 0 Å². The first kappa shape index (κ1) is 8.64. The molecule has 4 nitrogen and oxygen atoms in total. The first-order chi connectivity index (χ1) is 5.75. The lowest BCUT2D eigenvalue weighted by atomic mass is 10.2. The molecule has 0 aliphatic rings. The minimum atomic E-state index is -0.403. The molecule has 4 heteroatoms. The van der Waals surface area contributed by atoms with Gasteiger partial charge in [-0.2, -0.15) is 5.16 Å². The molecular weight excluding hydrogens is 158 g/mol. The van der Waals surface area contributed by atoms with Gasteiger partial charge in [-0.1, -0.05) is 19.4 Å². The molecule has 1 aromatic rings. The fraction of sp³-hybridized carbons (Fsp3) is 0.375. The van der Waals surface area contributed by atoms with Gasteiger partial charge in [0.15, 0.2) is 0 Å². The average molecular weight is 169 g/mol. The van der Waals surface area contributed by atoms with Crippen LogP contribution < -0.4 is 5.56 Å². The summed E-state index contributed by atoms with van der Waals surface area (Å²) in [5.41, 5.74) is -0.219. The maximum Gasteiger partial charge on any atom is 0.317 e. The van der Waals surface area contributed by atoms with Gasteiger partial charge in [0.05, 0.1) is 0 Å². The predicted molar refractivity (Wildman–Crippen MR) is 44.9 cm³/mol. The molecule has 0 unspecified atom stereocenters. The van der Waals surface area contributed by atoms with Crippen LogP contribution in [0.15, 0.2) is 15.4 Å². The Balaban J connectivity index is 2.81. The van der Waals surface area contributed by atoms with Gasteiger partial charge in [0, 0.05) is 0 Å². The molecule has 1 aromatic heterocycles. The molecule has 0 saturated heterocycles. The molecular formula is C8H11NO3. The summed E-state index contributed by atoms with van der Waals surface area (Å²) < 4.78 is 4.39. The topological polar surface area (TPSA) is 66.2 Å². The van der Waals surface area contributed by atoms with Gasteiger partial charge in [-0.25, -0.2) is 0 Å². The molecule has 0 bridgehead atoms. The third kappa shape index (κ3) is 1.78. The van der Waals surface area contributed by atoms with E-state index < -0.39 is 5.56 Å². The van der Waals surface area contributed by atoms with Crippen molar-refractivity contribution in [2.45, 2.75) is 19.8 Å². The summed E-state index contributed by atoms with van der Waals surface area (Å²) in [6.45, 7) is 2.03. The number of hydrogen-bond donors (Lipinski definition) is 2. The Labute approximate surface area is 69.5 Å². The lowest BCUT2D eigenvalue weighted by molar-refractivity contribution is 0.275. The molecule has 0 spiro atoms. The van der Waals surface area contributed by atoms with Crippen LogP contribution in [0.1, 0.15) is 25.3 Å². The van der Waals surface area contributed by atoms with Gasteiger partial charge in [-0.3, -0.25) is 4.79 Å². The average Bonchev–Trinajstić information content (AvgIpc) is 2.35. The molecule has 2 N–H and O–H groups in total. The van der Waals surface area contributed by atoms with E-state index in [1.807, 2.05) is 18.2 Å². The van der Waals surface area contributed by atoms with Crippen molar-refractivity contribution >= 4 is 6.08 Å². The minimum Gasteiger partial charge on any atom is -0.479 e. The van der Waals surface area contributed by atoms with E-state index in [9.17, 15) is 4.79 Å². The Kier molecular flexibility index (Phi) is 2.74. The summed E-state index contributed by atoms with van der Waals surface area (Å²) in [5, 5.41) is 11.0. The van der Waals surface area contributed by atoms with Gasteiger partial charge in [0.1, 0.15) is 5.56 Å². The second kappa shape index (κ2) is 3.80. The Hall–Kier alpha value is -1.45. The second-order valence-electron chi connectivity index (χ2n) is 2.44. The predicted octanol–water partition coefficient (Wildman–Crippen LogP) is 1.49. The zero-order chi connectivity index (χ0) is 8.97. The Morgan fingerprint density at radius 1 is 1.67 bits per heavy atom. The van der Waals surface area contributed by atoms with Crippen LogP contribution in [0.3, 0.4) is 0 Å². The van der Waals surface area contributed by atoms with Crippen molar-refractivity contribution in [2.75, 3.05) is 0 Å². The number of nitrogens with one attached hydrogen (secondary N) is 1. The first-order valence-corrected chi connectivity index (χ1v) is 3.82. The normalized spacial score (nSPS) is 11.1. The highest BCUT2D eigenvalue weighted by molar-refractivity contribution is 5.51. The van der Waals surface area contributed by atoms with E-state index >= 15 is 0 Å². The van der Waals surface area contributed by atoms with Crippen molar-refractivity contribution in [3.05, 3.63) is 22.0 Å². The van der Waals surface area contributed by atoms with Crippen molar-refractivity contribution in [3.8, 4) is 5.95 Å². The molecule has 12 heavy (non-hydrogen) atoms. The van der Waals surface area contributed by atoms with Crippen molar-refractivity contribution in [1.29, 1.82) is 0 Å². The van der Waals surface area contributed by atoms with Crippen molar-refractivity contribution in [3.63, 3.8) is 0 Å². The maximum atomic E-state index is 10.9. The van der Waals surface area contributed by atoms with Gasteiger partial charge in [0.2, 0.25) is 0 Å². The van der Waals surface area contributed by atoms with Gasteiger partial charge in [-0.15, -0.1) is 0 Å². The number of rotatable bonds is 3. The number of hydrogen-bond acceptors (Lipinski definition) is 3. The molecule has 0 atom stereocenters. The van der Waals surface area contributed by atoms with Crippen molar-refractivity contribution in [1.82, 2.24) is 5.16 Å². The Morgan fingerprint density at radius 2 is 2.42 bits per heavy atom. The van der Waals surface area contributed by atoms with E-state index in [0.29, 0.717) is 0 Å². The van der Waals surface area contributed by atoms with E-state index in [1.165, 1.54) is 0 Å². The zero-order valence-electron chi connectivity index (χ0n) is 6.83. The third-order valence-corrected chi connectivity index (χ3v) is 1.46. The van der Waals surface area contributed by atoms with E-state index in [4.69, 9.17) is 5.11 Å². The SMILES string of the molecule is CCC/C=C/c1c(O)o[nH]c1=O. The molecule has 1 rings (SSSR count). The van der Waals surface area contributed by atoms with E-state index in [-0.39, 0.29) is 11.5 Å². The number of aromatic nitrogens is 1. The highest BCUT2D eigenvalue weighted by Crippen LogP contribution is 2.12. The Bertz CT molecular complexity index is 321. The molecule has 0 fully saturated rings. The summed E-state index contributed by atoms with van der Waals surface area (Å²) in [6, 6.07) is 0. The van der Waals surface area contributed by atoms with Crippen LogP contribution in [0.5, 0.6) is 5.95 Å². The standard InChI is InChI=1S/C8H11NO3/c1-2-3-4-5-6-7(10)9-12-8(6)11/h4-5,11H,2-3H2,1H3,(H,9,10)/b5-4+. The minimum absolute atomic E-state index is 0.184. The van der Waals surface area contributed by atoms with Crippen LogP contribution in [0.2, 0.25) is 0 Å². The lowest BCUT2D eigenvalue weighted by Crippen LogP contribution is -1.99. The maximum absolute atomic E-state index is 10.9. The van der Waals surface area contributed by atoms with Gasteiger partial charge < -0.3 is 9.63 Å². The molecule has 0 aliphatic heterocycles. The quantitative estimate of drug-likeness (QED) is 0.720. The molecule has 0 aromatic carbocycles. The Morgan fingerprint density at radius 3 is 2.92 bits per heavy atom. The van der Waals surface area contributed by atoms with Crippen LogP contribution in [0.25, 0.3) is 6.08 Å². The molecule has 1 heterocycles. The summed E-state index contributed by atoms with van der Waals surface area (Å²) in [6.07, 6.45) is 5.26. The summed E-state index contributed by atoms with van der Waals surface area (Å²) in [4.78, 5) is 10.9. The molecule has 0 aliphatic carbocycles. The summed E-state index contributed by atoms with van der Waals surface area (Å²) >= 11 is 0. The number of H-pyrrole nitrogens is 1. The molecule has 66 valence electrons. The number of aromatic amines is 1. The highest BCUT2D eigenvalue weighted by Gasteiger charge is 2.05. The third-order valence-electron chi connectivity index (χ3n) is 1.46. The highest BCUT2D eigenvalue weighted by atomic mass is 16.6. The smallest absolute Gasteiger partial charge is 0.317 e. The van der Waals surface area contributed by atoms with Crippen LogP contribution in [-0.4, -0.2) is 10.3 Å². The first-order valence-electron chi connectivity index (χ1n) is 3.82. The van der Waals surface area contributed by atoms with Crippen LogP contribution in [0, 0.1) is 0 Å². The van der Waals surface area contributed by atoms with Crippen molar-refractivity contribution in [2.24, 2.45) is 0 Å². The second-order valence-corrected chi connectivity index (χ2v) is 2.44. The summed E-state index contributed by atoms with van der Waals surface area (Å²) in [7, 11) is 0. The van der Waals surface area contributed by atoms with Crippen LogP contribution in [0.4, 0.5) is 0 Å². The molecule has 0 radical (unpaired) electrons. The number of allylic oxidation sites excluding steroid dienone is 1. The van der Waals surface area contributed by atoms with Gasteiger partial charge >= 0.3 is 5.95 Å². The number of aromatic hydroxyl groups is 1. The fourth-order valence-electron chi connectivity index (χ4n) is 0.817. The van der Waals surface area contributed by atoms with E-state index in [1.54, 1.807) is 6.08 Å². The van der Waals surface area contributed by atoms with Crippen LogP contribution in [-0.2, 0) is 0 Å². The molecule has 0 saturated carbocycles. The number of unbranched alkanes of at least 4 members (excludes halogenated alkanes) is 1. The fourth-order valence-corrected chi connectivity index (χ4v) is 0.817. The van der Waals surface area contributed by atoms with Crippen molar-refractivity contribution < 1.29 is 9.63 Å². The van der Waals surface area contributed by atoms with Gasteiger partial charge in [-0.05, 0) is 12.5 Å². The van der Waals surface area contributed by atoms with Gasteiger partial charge in [0.25, 0.3) is 5.56 Å².